The molecule has 3 heterocycles. The van der Waals surface area contributed by atoms with Crippen molar-refractivity contribution >= 4 is 17.2 Å². The highest BCUT2D eigenvalue weighted by molar-refractivity contribution is 7.89. The first-order valence-corrected chi connectivity index (χ1v) is 11.4. The fourth-order valence-electron chi connectivity index (χ4n) is 3.84. The molecule has 30 heavy (non-hydrogen) atoms. The minimum absolute atomic E-state index is 0.265. The summed E-state index contributed by atoms with van der Waals surface area (Å²) in [5.41, 5.74) is 4.66. The summed E-state index contributed by atoms with van der Waals surface area (Å²) in [6.07, 6.45) is 5.00. The lowest BCUT2D eigenvalue weighted by Crippen LogP contribution is -2.46. The van der Waals surface area contributed by atoms with E-state index in [0.717, 1.165) is 66.8 Å². The van der Waals surface area contributed by atoms with E-state index >= 15 is 0 Å². The number of rotatable bonds is 5. The molecule has 4 rings (SSSR count). The largest absolute Gasteiger partial charge is 0.592 e. The third-order valence-electron chi connectivity index (χ3n) is 5.49. The second-order valence-corrected chi connectivity index (χ2v) is 8.64. The van der Waals surface area contributed by atoms with Crippen molar-refractivity contribution in [2.75, 3.05) is 37.3 Å². The SMILES string of the molecule is Cc1nn([S+](C)[O-])c(C)c1CN1CCN(c2nccnc2-c2ccc(F)cc2)CC1. The molecule has 9 heteroatoms. The van der Waals surface area contributed by atoms with Crippen LogP contribution in [0.15, 0.2) is 36.7 Å². The van der Waals surface area contributed by atoms with Gasteiger partial charge in [0.1, 0.15) is 17.8 Å². The molecule has 1 aliphatic heterocycles. The van der Waals surface area contributed by atoms with Crippen molar-refractivity contribution in [3.63, 3.8) is 0 Å². The molecule has 0 aliphatic carbocycles. The molecule has 1 fully saturated rings. The summed E-state index contributed by atoms with van der Waals surface area (Å²) in [6, 6.07) is 6.36. The normalized spacial score (nSPS) is 16.1. The standard InChI is InChI=1S/C21H25FN6OS/c1-15-19(16(2)28(25-15)30(3)29)14-26-10-12-27(13-11-26)21-20(23-8-9-24-21)17-4-6-18(22)7-5-17/h4-9H,10-14H2,1-3H3. The Labute approximate surface area is 178 Å². The van der Waals surface area contributed by atoms with Gasteiger partial charge in [-0.3, -0.25) is 9.88 Å². The summed E-state index contributed by atoms with van der Waals surface area (Å²) in [6.45, 7) is 8.11. The van der Waals surface area contributed by atoms with Crippen molar-refractivity contribution in [1.29, 1.82) is 0 Å². The van der Waals surface area contributed by atoms with Gasteiger partial charge in [0.2, 0.25) is 0 Å². The van der Waals surface area contributed by atoms with Gasteiger partial charge in [0.15, 0.2) is 5.82 Å². The zero-order valence-corrected chi connectivity index (χ0v) is 18.2. The van der Waals surface area contributed by atoms with Gasteiger partial charge in [-0.15, -0.1) is 5.10 Å². The van der Waals surface area contributed by atoms with Gasteiger partial charge in [-0.1, -0.05) is 4.09 Å². The van der Waals surface area contributed by atoms with Crippen molar-refractivity contribution in [2.24, 2.45) is 0 Å². The average molecular weight is 429 g/mol. The van der Waals surface area contributed by atoms with Crippen LogP contribution in [0.25, 0.3) is 11.3 Å². The fraction of sp³-hybridized carbons (Fsp3) is 0.381. The first kappa shape index (κ1) is 20.8. The monoisotopic (exact) mass is 428 g/mol. The summed E-state index contributed by atoms with van der Waals surface area (Å²) < 4.78 is 26.7. The minimum atomic E-state index is -1.15. The Morgan fingerprint density at radius 1 is 1.03 bits per heavy atom. The lowest BCUT2D eigenvalue weighted by molar-refractivity contribution is 0.248. The van der Waals surface area contributed by atoms with Gasteiger partial charge in [-0.05, 0) is 38.1 Å². The molecule has 0 N–H and O–H groups in total. The van der Waals surface area contributed by atoms with E-state index in [1.54, 1.807) is 34.9 Å². The first-order chi connectivity index (χ1) is 14.4. The van der Waals surface area contributed by atoms with Crippen molar-refractivity contribution in [3.8, 4) is 11.3 Å². The predicted octanol–water partition coefficient (Wildman–Crippen LogP) is 2.56. The molecule has 3 aromatic rings. The maximum Gasteiger partial charge on any atom is 0.155 e. The Kier molecular flexibility index (Phi) is 6.03. The van der Waals surface area contributed by atoms with Gasteiger partial charge < -0.3 is 9.45 Å². The van der Waals surface area contributed by atoms with Crippen LogP contribution in [-0.4, -0.2) is 61.0 Å². The summed E-state index contributed by atoms with van der Waals surface area (Å²) in [5.74, 6) is 0.559. The van der Waals surface area contributed by atoms with E-state index in [-0.39, 0.29) is 5.82 Å². The van der Waals surface area contributed by atoms with E-state index < -0.39 is 11.4 Å². The first-order valence-electron chi connectivity index (χ1n) is 9.87. The van der Waals surface area contributed by atoms with Crippen LogP contribution in [0.3, 0.4) is 0 Å². The molecule has 0 bridgehead atoms. The molecule has 1 saturated heterocycles. The molecule has 7 nitrogen and oxygen atoms in total. The highest BCUT2D eigenvalue weighted by atomic mass is 32.2. The highest BCUT2D eigenvalue weighted by Crippen LogP contribution is 2.28. The summed E-state index contributed by atoms with van der Waals surface area (Å²) in [5, 5.41) is 4.42. The number of hydrogen-bond donors (Lipinski definition) is 0. The molecular weight excluding hydrogens is 403 g/mol. The second kappa shape index (κ2) is 8.71. The fourth-order valence-corrected chi connectivity index (χ4v) is 4.58. The number of aryl methyl sites for hydroxylation is 1. The van der Waals surface area contributed by atoms with Gasteiger partial charge in [0.25, 0.3) is 0 Å². The van der Waals surface area contributed by atoms with Crippen LogP contribution in [0.5, 0.6) is 0 Å². The van der Waals surface area contributed by atoms with Crippen LogP contribution < -0.4 is 4.90 Å². The van der Waals surface area contributed by atoms with Gasteiger partial charge in [-0.2, -0.15) is 0 Å². The number of benzene rings is 1. The number of anilines is 1. The van der Waals surface area contributed by atoms with E-state index in [4.69, 9.17) is 0 Å². The maximum atomic E-state index is 13.3. The molecule has 2 aromatic heterocycles. The minimum Gasteiger partial charge on any atom is -0.592 e. The van der Waals surface area contributed by atoms with Crippen LogP contribution >= 0.6 is 0 Å². The molecule has 0 amide bonds. The van der Waals surface area contributed by atoms with Gasteiger partial charge >= 0.3 is 0 Å². The van der Waals surface area contributed by atoms with E-state index in [1.165, 1.54) is 12.1 Å². The van der Waals surface area contributed by atoms with Crippen molar-refractivity contribution in [1.82, 2.24) is 24.1 Å². The Morgan fingerprint density at radius 2 is 1.70 bits per heavy atom. The van der Waals surface area contributed by atoms with Crippen LogP contribution in [0.2, 0.25) is 0 Å². The smallest absolute Gasteiger partial charge is 0.155 e. The van der Waals surface area contributed by atoms with E-state index in [9.17, 15) is 8.94 Å². The third-order valence-corrected chi connectivity index (χ3v) is 6.34. The Morgan fingerprint density at radius 3 is 2.33 bits per heavy atom. The van der Waals surface area contributed by atoms with E-state index in [0.29, 0.717) is 0 Å². The Balaban J connectivity index is 1.47. The quantitative estimate of drug-likeness (QED) is 0.582. The number of nitrogens with zero attached hydrogens (tertiary/aromatic N) is 6. The van der Waals surface area contributed by atoms with Crippen LogP contribution in [0.4, 0.5) is 10.2 Å². The second-order valence-electron chi connectivity index (χ2n) is 7.44. The highest BCUT2D eigenvalue weighted by Gasteiger charge is 2.24. The predicted molar refractivity (Wildman–Crippen MR) is 116 cm³/mol. The number of hydrogen-bond acceptors (Lipinski definition) is 6. The average Bonchev–Trinajstić information content (AvgIpc) is 3.03. The molecule has 0 saturated carbocycles. The summed E-state index contributed by atoms with van der Waals surface area (Å²) in [4.78, 5) is 13.7. The number of aromatic nitrogens is 4. The topological polar surface area (TPSA) is 73.1 Å². The van der Waals surface area contributed by atoms with Crippen molar-refractivity contribution in [3.05, 3.63) is 59.4 Å². The zero-order valence-electron chi connectivity index (χ0n) is 17.4. The van der Waals surface area contributed by atoms with Gasteiger partial charge in [0.05, 0.1) is 22.7 Å². The molecule has 1 unspecified atom stereocenters. The zero-order chi connectivity index (χ0) is 21.3. The number of halogens is 1. The van der Waals surface area contributed by atoms with Crippen LogP contribution in [-0.2, 0) is 17.9 Å². The van der Waals surface area contributed by atoms with Crippen LogP contribution in [0, 0.1) is 19.7 Å². The van der Waals surface area contributed by atoms with Crippen molar-refractivity contribution in [2.45, 2.75) is 20.4 Å². The Hall–Kier alpha value is -2.49. The maximum absolute atomic E-state index is 13.3. The van der Waals surface area contributed by atoms with E-state index in [2.05, 4.69) is 24.9 Å². The van der Waals surface area contributed by atoms with Crippen molar-refractivity contribution < 1.29 is 8.94 Å². The van der Waals surface area contributed by atoms with E-state index in [1.807, 2.05) is 13.8 Å². The lowest BCUT2D eigenvalue weighted by Gasteiger charge is -2.36. The molecule has 0 radical (unpaired) electrons. The van der Waals surface area contributed by atoms with Gasteiger partial charge in [0, 0.05) is 56.2 Å². The molecule has 1 atom stereocenters. The molecule has 1 aromatic carbocycles. The summed E-state index contributed by atoms with van der Waals surface area (Å²) >= 11 is -1.15. The summed E-state index contributed by atoms with van der Waals surface area (Å²) in [7, 11) is 0. The number of piperazine rings is 1. The third kappa shape index (κ3) is 4.19. The Bertz CT molecular complexity index is 1010. The molecule has 1 aliphatic rings. The van der Waals surface area contributed by atoms with Crippen LogP contribution in [0.1, 0.15) is 17.0 Å². The molecular formula is C21H25FN6OS. The lowest BCUT2D eigenvalue weighted by atomic mass is 10.1. The molecule has 0 spiro atoms. The molecule has 158 valence electrons. The van der Waals surface area contributed by atoms with Gasteiger partial charge in [-0.25, -0.2) is 9.37 Å².